The molecule has 0 radical (unpaired) electrons. The van der Waals surface area contributed by atoms with Crippen molar-refractivity contribution in [1.29, 1.82) is 0 Å². The van der Waals surface area contributed by atoms with Crippen LogP contribution >= 0.6 is 0 Å². The second-order valence-electron chi connectivity index (χ2n) is 19.5. The molecule has 0 N–H and O–H groups in total. The third-order valence-electron chi connectivity index (χ3n) is 16.1. The third kappa shape index (κ3) is 4.02. The summed E-state index contributed by atoms with van der Waals surface area (Å²) in [6.45, 7) is 9.68. The number of rotatable bonds is 1. The molecule has 2 heteroatoms. The van der Waals surface area contributed by atoms with Crippen LogP contribution in [-0.4, -0.2) is 8.07 Å². The van der Waals surface area contributed by atoms with E-state index in [-0.39, 0.29) is 10.8 Å². The molecule has 5 aliphatic rings. The molecule has 9 aromatic rings. The topological polar surface area (TPSA) is 3.24 Å². The molecule has 0 unspecified atom stereocenters. The van der Waals surface area contributed by atoms with Crippen LogP contribution in [-0.2, 0) is 16.2 Å². The normalized spacial score (nSPS) is 17.0. The van der Waals surface area contributed by atoms with E-state index in [2.05, 4.69) is 233 Å². The van der Waals surface area contributed by atoms with Crippen LogP contribution < -0.4 is 25.6 Å². The van der Waals surface area contributed by atoms with Crippen LogP contribution in [0.4, 0.5) is 17.1 Å². The number of para-hydroxylation sites is 1. The van der Waals surface area contributed by atoms with Gasteiger partial charge >= 0.3 is 0 Å². The lowest BCUT2D eigenvalue weighted by molar-refractivity contribution is 0.556. The molecule has 298 valence electrons. The maximum absolute atomic E-state index is 2.71. The third-order valence-corrected chi connectivity index (χ3v) is 21.1. The Kier molecular flexibility index (Phi) is 6.73. The Morgan fingerprint density at radius 1 is 0.333 bits per heavy atom. The molecule has 63 heavy (non-hydrogen) atoms. The van der Waals surface area contributed by atoms with Gasteiger partial charge < -0.3 is 4.90 Å². The van der Waals surface area contributed by atoms with E-state index in [0.717, 1.165) is 0 Å². The van der Waals surface area contributed by atoms with E-state index in [1.807, 2.05) is 0 Å². The van der Waals surface area contributed by atoms with Gasteiger partial charge in [-0.1, -0.05) is 210 Å². The van der Waals surface area contributed by atoms with Gasteiger partial charge in [-0.05, 0) is 111 Å². The summed E-state index contributed by atoms with van der Waals surface area (Å²) in [4.78, 5) is 2.69. The van der Waals surface area contributed by atoms with Gasteiger partial charge in [-0.15, -0.1) is 0 Å². The summed E-state index contributed by atoms with van der Waals surface area (Å²) in [5.41, 5.74) is 22.0. The van der Waals surface area contributed by atoms with E-state index in [4.69, 9.17) is 0 Å². The fourth-order valence-corrected chi connectivity index (χ4v) is 19.3. The summed E-state index contributed by atoms with van der Waals surface area (Å²) < 4.78 is 0. The van der Waals surface area contributed by atoms with Crippen molar-refractivity contribution in [2.75, 3.05) is 4.90 Å². The molecule has 0 aromatic heterocycles. The van der Waals surface area contributed by atoms with Crippen molar-refractivity contribution >= 4 is 45.9 Å². The van der Waals surface area contributed by atoms with Gasteiger partial charge in [0, 0.05) is 22.1 Å². The van der Waals surface area contributed by atoms with Crippen LogP contribution in [0.3, 0.4) is 0 Å². The number of anilines is 3. The van der Waals surface area contributed by atoms with Gasteiger partial charge in [0.2, 0.25) is 0 Å². The first-order valence-electron chi connectivity index (χ1n) is 22.6. The number of fused-ring (bicyclic) bond motifs is 22. The molecule has 3 aliphatic heterocycles. The van der Waals surface area contributed by atoms with E-state index in [9.17, 15) is 0 Å². The average Bonchev–Trinajstić information content (AvgIpc) is 3.89. The molecule has 0 saturated carbocycles. The Labute approximate surface area is 371 Å². The lowest BCUT2D eigenvalue weighted by atomic mass is 9.53. The average molecular weight is 820 g/mol. The van der Waals surface area contributed by atoms with E-state index in [1.165, 1.54) is 116 Å². The molecule has 2 aliphatic carbocycles. The minimum absolute atomic E-state index is 0.172. The molecule has 2 spiro atoms. The lowest BCUT2D eigenvalue weighted by Crippen LogP contribution is -2.70. The maximum atomic E-state index is 2.69. The fourth-order valence-electron chi connectivity index (χ4n) is 13.6. The summed E-state index contributed by atoms with van der Waals surface area (Å²) in [7, 11) is -2.71. The van der Waals surface area contributed by atoms with Gasteiger partial charge in [0.15, 0.2) is 8.07 Å². The Morgan fingerprint density at radius 3 is 1.35 bits per heavy atom. The molecule has 0 saturated heterocycles. The maximum Gasteiger partial charge on any atom is 0.182 e. The van der Waals surface area contributed by atoms with Crippen molar-refractivity contribution in [2.45, 2.75) is 43.9 Å². The highest BCUT2D eigenvalue weighted by atomic mass is 28.3. The van der Waals surface area contributed by atoms with E-state index in [0.29, 0.717) is 0 Å². The van der Waals surface area contributed by atoms with Crippen molar-refractivity contribution in [1.82, 2.24) is 0 Å². The highest BCUT2D eigenvalue weighted by Gasteiger charge is 2.57. The molecule has 0 amide bonds. The van der Waals surface area contributed by atoms with Crippen molar-refractivity contribution < 1.29 is 0 Å². The van der Waals surface area contributed by atoms with Crippen LogP contribution in [0.2, 0.25) is 0 Å². The zero-order valence-electron chi connectivity index (χ0n) is 36.0. The van der Waals surface area contributed by atoms with Crippen LogP contribution in [0.25, 0.3) is 33.4 Å². The monoisotopic (exact) mass is 819 g/mol. The van der Waals surface area contributed by atoms with Crippen LogP contribution in [0, 0.1) is 0 Å². The number of nitrogens with zero attached hydrogens (tertiary/aromatic N) is 1. The van der Waals surface area contributed by atoms with Gasteiger partial charge in [0.05, 0.1) is 16.8 Å². The fraction of sp³-hybridized carbons (Fsp3) is 0.115. The summed E-state index contributed by atoms with van der Waals surface area (Å²) in [6, 6.07) is 77.8. The molecular formula is C61H45NSi. The van der Waals surface area contributed by atoms with Gasteiger partial charge in [-0.2, -0.15) is 0 Å². The van der Waals surface area contributed by atoms with Gasteiger partial charge in [-0.3, -0.25) is 0 Å². The van der Waals surface area contributed by atoms with Crippen molar-refractivity contribution in [2.24, 2.45) is 0 Å². The number of hydrogen-bond acceptors (Lipinski definition) is 1. The van der Waals surface area contributed by atoms with Gasteiger partial charge in [0.25, 0.3) is 0 Å². The zero-order valence-corrected chi connectivity index (χ0v) is 37.0. The SMILES string of the molecule is CC1(C)c2ccccc2C2(c3ccccc3N(c3ccc4c(c3)[Si]3(c5ccccc5-c5ccccc53)c3ccccc3-4)c3c2ccc2c3-c3ccccc3C2(C)C)c2ccccc21. The van der Waals surface area contributed by atoms with Crippen molar-refractivity contribution in [3.8, 4) is 33.4 Å². The first-order valence-corrected chi connectivity index (χ1v) is 24.6. The minimum Gasteiger partial charge on any atom is -0.309 e. The second kappa shape index (κ2) is 11.9. The summed E-state index contributed by atoms with van der Waals surface area (Å²) in [6.07, 6.45) is 0. The van der Waals surface area contributed by atoms with Crippen LogP contribution in [0.15, 0.2) is 200 Å². The predicted molar refractivity (Wildman–Crippen MR) is 264 cm³/mol. The molecule has 3 heterocycles. The predicted octanol–water partition coefficient (Wildman–Crippen LogP) is 12.1. The summed E-state index contributed by atoms with van der Waals surface area (Å²) in [5, 5.41) is 5.99. The standard InChI is InChI=1S/C61H45NSi/c1-59(2)44-23-9-5-22-43(44)57-50(59)35-36-51-58(57)62(52-29-15-14-28-49(52)61(51)47-26-12-10-24-45(47)60(3,4)46-25-11-13-27-48(46)61)38-33-34-42-41-21-8-18-32-55(41)63(56(42)37-38)53-30-16-6-19-39(53)40-20-7-17-31-54(40)63/h5-37H,1-4H3. The molecule has 0 bridgehead atoms. The van der Waals surface area contributed by atoms with E-state index in [1.54, 1.807) is 0 Å². The summed E-state index contributed by atoms with van der Waals surface area (Å²) in [5.74, 6) is 0. The van der Waals surface area contributed by atoms with Crippen molar-refractivity contribution in [3.05, 3.63) is 245 Å². The molecule has 0 fully saturated rings. The Balaban J connectivity index is 1.14. The molecule has 9 aromatic carbocycles. The Hall–Kier alpha value is -7.00. The van der Waals surface area contributed by atoms with Gasteiger partial charge in [0.1, 0.15) is 0 Å². The lowest BCUT2D eigenvalue weighted by Gasteiger charge is -2.53. The zero-order chi connectivity index (χ0) is 42.0. The van der Waals surface area contributed by atoms with E-state index >= 15 is 0 Å². The largest absolute Gasteiger partial charge is 0.309 e. The van der Waals surface area contributed by atoms with Crippen molar-refractivity contribution in [3.63, 3.8) is 0 Å². The first kappa shape index (κ1) is 35.6. The second-order valence-corrected chi connectivity index (χ2v) is 23.1. The highest BCUT2D eigenvalue weighted by molar-refractivity contribution is 7.24. The number of hydrogen-bond donors (Lipinski definition) is 0. The molecule has 1 nitrogen and oxygen atoms in total. The van der Waals surface area contributed by atoms with E-state index < -0.39 is 13.5 Å². The quantitative estimate of drug-likeness (QED) is 0.149. The molecule has 14 rings (SSSR count). The highest BCUT2D eigenvalue weighted by Crippen LogP contribution is 2.66. The number of benzene rings is 9. The first-order chi connectivity index (χ1) is 30.8. The minimum atomic E-state index is -2.71. The Morgan fingerprint density at radius 2 is 0.762 bits per heavy atom. The summed E-state index contributed by atoms with van der Waals surface area (Å²) >= 11 is 0. The molecule has 0 atom stereocenters. The van der Waals surface area contributed by atoms with Crippen LogP contribution in [0.5, 0.6) is 0 Å². The Bertz CT molecular complexity index is 3380. The van der Waals surface area contributed by atoms with Crippen LogP contribution in [0.1, 0.15) is 72.2 Å². The molecular weight excluding hydrogens is 775 g/mol. The van der Waals surface area contributed by atoms with Gasteiger partial charge in [-0.25, -0.2) is 0 Å². The smallest absolute Gasteiger partial charge is 0.182 e.